The summed E-state index contributed by atoms with van der Waals surface area (Å²) in [5.74, 6) is -0.298. The minimum Gasteiger partial charge on any atom is -0.842 e. The summed E-state index contributed by atoms with van der Waals surface area (Å²) in [6, 6.07) is 5.29. The Morgan fingerprint density at radius 1 is 1.48 bits per heavy atom. The van der Waals surface area contributed by atoms with Crippen molar-refractivity contribution in [3.8, 4) is 5.88 Å². The molecule has 2 heterocycles. The molecular formula is C18H23N3O4. The highest BCUT2D eigenvalue weighted by Crippen LogP contribution is 2.08. The lowest BCUT2D eigenvalue weighted by molar-refractivity contribution is -0.715. The number of fused-ring (bicyclic) bond motifs is 1. The quantitative estimate of drug-likeness (QED) is 0.225. The molecule has 1 unspecified atom stereocenters. The Kier molecular flexibility index (Phi) is 6.71. The zero-order valence-electron chi connectivity index (χ0n) is 14.6. The SMILES string of the molecule is C=CCc1c([O-])[n+](CC/C=N/OC(C)OCC)c2ccccn2c1=O. The van der Waals surface area contributed by atoms with E-state index < -0.39 is 6.29 Å². The Morgan fingerprint density at radius 3 is 3.00 bits per heavy atom. The van der Waals surface area contributed by atoms with E-state index in [1.807, 2.05) is 6.92 Å². The van der Waals surface area contributed by atoms with E-state index in [2.05, 4.69) is 11.7 Å². The van der Waals surface area contributed by atoms with Crippen molar-refractivity contribution < 1.29 is 19.2 Å². The maximum atomic E-state index is 12.7. The normalized spacial score (nSPS) is 12.6. The minimum absolute atomic E-state index is 0.205. The summed E-state index contributed by atoms with van der Waals surface area (Å²) in [6.45, 7) is 8.17. The summed E-state index contributed by atoms with van der Waals surface area (Å²) < 4.78 is 8.25. The topological polar surface area (TPSA) is 79.2 Å². The van der Waals surface area contributed by atoms with Crippen molar-refractivity contribution in [2.45, 2.75) is 39.5 Å². The van der Waals surface area contributed by atoms with Crippen molar-refractivity contribution in [1.82, 2.24) is 4.40 Å². The fourth-order valence-corrected chi connectivity index (χ4v) is 2.50. The summed E-state index contributed by atoms with van der Waals surface area (Å²) in [5.41, 5.74) is 0.443. The molecule has 0 amide bonds. The van der Waals surface area contributed by atoms with Crippen LogP contribution >= 0.6 is 0 Å². The van der Waals surface area contributed by atoms with Crippen LogP contribution < -0.4 is 15.2 Å². The third-order valence-corrected chi connectivity index (χ3v) is 3.61. The number of oxime groups is 1. The lowest BCUT2D eigenvalue weighted by Gasteiger charge is -2.15. The van der Waals surface area contributed by atoms with Crippen LogP contribution in [0.4, 0.5) is 0 Å². The highest BCUT2D eigenvalue weighted by atomic mass is 16.8. The number of hydrogen-bond acceptors (Lipinski definition) is 5. The van der Waals surface area contributed by atoms with E-state index in [4.69, 9.17) is 9.57 Å². The monoisotopic (exact) mass is 345 g/mol. The molecule has 0 aromatic carbocycles. The number of pyridine rings is 1. The molecular weight excluding hydrogens is 322 g/mol. The van der Waals surface area contributed by atoms with Crippen molar-refractivity contribution in [3.05, 3.63) is 53.0 Å². The fourth-order valence-electron chi connectivity index (χ4n) is 2.50. The van der Waals surface area contributed by atoms with Crippen LogP contribution in [0.15, 0.2) is 47.0 Å². The molecule has 25 heavy (non-hydrogen) atoms. The first-order valence-corrected chi connectivity index (χ1v) is 8.23. The van der Waals surface area contributed by atoms with Crippen LogP contribution in [0.5, 0.6) is 5.88 Å². The first-order valence-electron chi connectivity index (χ1n) is 8.23. The maximum absolute atomic E-state index is 12.7. The van der Waals surface area contributed by atoms with Gasteiger partial charge in [0.1, 0.15) is 0 Å². The van der Waals surface area contributed by atoms with Crippen LogP contribution in [0.1, 0.15) is 25.8 Å². The number of aryl methyl sites for hydroxylation is 1. The molecule has 0 bridgehead atoms. The molecule has 134 valence electrons. The average Bonchev–Trinajstić information content (AvgIpc) is 2.61. The molecule has 0 saturated carbocycles. The van der Waals surface area contributed by atoms with Gasteiger partial charge in [0.05, 0.1) is 24.2 Å². The predicted molar refractivity (Wildman–Crippen MR) is 92.5 cm³/mol. The van der Waals surface area contributed by atoms with Crippen molar-refractivity contribution >= 4 is 11.9 Å². The van der Waals surface area contributed by atoms with E-state index in [-0.39, 0.29) is 23.4 Å². The number of nitrogens with zero attached hydrogens (tertiary/aromatic N) is 3. The van der Waals surface area contributed by atoms with Gasteiger partial charge in [-0.2, -0.15) is 4.40 Å². The second kappa shape index (κ2) is 8.98. The highest BCUT2D eigenvalue weighted by molar-refractivity contribution is 5.55. The van der Waals surface area contributed by atoms with Crippen LogP contribution in [0, 0.1) is 0 Å². The third-order valence-electron chi connectivity index (χ3n) is 3.61. The highest BCUT2D eigenvalue weighted by Gasteiger charge is 2.16. The summed E-state index contributed by atoms with van der Waals surface area (Å²) in [4.78, 5) is 17.6. The van der Waals surface area contributed by atoms with Gasteiger partial charge < -0.3 is 14.7 Å². The minimum atomic E-state index is -0.417. The smallest absolute Gasteiger partial charge is 0.345 e. The van der Waals surface area contributed by atoms with Crippen LogP contribution in [-0.4, -0.2) is 23.5 Å². The van der Waals surface area contributed by atoms with Gasteiger partial charge in [0, 0.05) is 38.7 Å². The van der Waals surface area contributed by atoms with E-state index in [0.29, 0.717) is 25.2 Å². The second-order valence-corrected chi connectivity index (χ2v) is 5.37. The first-order chi connectivity index (χ1) is 12.1. The zero-order valence-corrected chi connectivity index (χ0v) is 14.6. The Morgan fingerprint density at radius 2 is 2.28 bits per heavy atom. The number of aromatic nitrogens is 2. The summed E-state index contributed by atoms with van der Waals surface area (Å²) in [7, 11) is 0. The Balaban J connectivity index is 2.24. The summed E-state index contributed by atoms with van der Waals surface area (Å²) in [5, 5.41) is 16.5. The Hall–Kier alpha value is -2.67. The Labute approximate surface area is 146 Å². The largest absolute Gasteiger partial charge is 0.842 e. The average molecular weight is 345 g/mol. The van der Waals surface area contributed by atoms with Gasteiger partial charge >= 0.3 is 5.56 Å². The summed E-state index contributed by atoms with van der Waals surface area (Å²) >= 11 is 0. The van der Waals surface area contributed by atoms with E-state index in [1.165, 1.54) is 4.40 Å². The summed E-state index contributed by atoms with van der Waals surface area (Å²) in [6.07, 6.45) is 5.09. The van der Waals surface area contributed by atoms with E-state index in [1.54, 1.807) is 48.2 Å². The second-order valence-electron chi connectivity index (χ2n) is 5.37. The number of ether oxygens (including phenoxy) is 1. The van der Waals surface area contributed by atoms with E-state index >= 15 is 0 Å². The van der Waals surface area contributed by atoms with Gasteiger partial charge in [-0.05, 0) is 13.0 Å². The number of hydrogen-bond donors (Lipinski definition) is 0. The molecule has 7 heteroatoms. The van der Waals surface area contributed by atoms with Crippen LogP contribution in [0.2, 0.25) is 0 Å². The molecule has 0 aliphatic rings. The molecule has 0 fully saturated rings. The molecule has 2 rings (SSSR count). The standard InChI is InChI=1S/C18H23N3O4/c1-4-9-15-17(22)20-12-7-6-10-16(20)21(18(15)23)13-8-11-19-25-14(3)24-5-2/h4,6-7,10-12,14H,1,5,8-9,13H2,2-3H3/b19-11+. The molecule has 0 radical (unpaired) electrons. The third kappa shape index (κ3) is 4.45. The molecule has 1 atom stereocenters. The maximum Gasteiger partial charge on any atom is 0.345 e. The molecule has 0 N–H and O–H groups in total. The van der Waals surface area contributed by atoms with Gasteiger partial charge in [-0.1, -0.05) is 17.3 Å². The van der Waals surface area contributed by atoms with Gasteiger partial charge in [-0.25, -0.2) is 9.36 Å². The molecule has 7 nitrogen and oxygen atoms in total. The van der Waals surface area contributed by atoms with Gasteiger partial charge in [-0.3, -0.25) is 0 Å². The van der Waals surface area contributed by atoms with Crippen molar-refractivity contribution in [3.63, 3.8) is 0 Å². The van der Waals surface area contributed by atoms with Gasteiger partial charge in [0.15, 0.2) is 0 Å². The van der Waals surface area contributed by atoms with Crippen molar-refractivity contribution in [2.24, 2.45) is 5.16 Å². The lowest BCUT2D eigenvalue weighted by atomic mass is 10.2. The van der Waals surface area contributed by atoms with Crippen molar-refractivity contribution in [2.75, 3.05) is 6.61 Å². The zero-order chi connectivity index (χ0) is 18.2. The molecule has 0 saturated heterocycles. The number of allylic oxidation sites excluding steroid dienone is 1. The molecule has 2 aromatic rings. The fraction of sp³-hybridized carbons (Fsp3) is 0.389. The number of rotatable bonds is 9. The van der Waals surface area contributed by atoms with Gasteiger partial charge in [0.2, 0.25) is 6.29 Å². The van der Waals surface area contributed by atoms with Crippen LogP contribution in [0.3, 0.4) is 0 Å². The van der Waals surface area contributed by atoms with Gasteiger partial charge in [-0.15, -0.1) is 6.58 Å². The van der Waals surface area contributed by atoms with Gasteiger partial charge in [0.25, 0.3) is 5.65 Å². The molecule has 0 aliphatic heterocycles. The molecule has 2 aromatic heterocycles. The van der Waals surface area contributed by atoms with Crippen molar-refractivity contribution in [1.29, 1.82) is 0 Å². The predicted octanol–water partition coefficient (Wildman–Crippen LogP) is 1.16. The lowest BCUT2D eigenvalue weighted by Crippen LogP contribution is -2.44. The molecule has 0 aliphatic carbocycles. The van der Waals surface area contributed by atoms with Crippen LogP contribution in [-0.2, 0) is 22.5 Å². The van der Waals surface area contributed by atoms with E-state index in [0.717, 1.165) is 0 Å². The Bertz CT molecular complexity index is 814. The molecule has 0 spiro atoms. The van der Waals surface area contributed by atoms with Crippen LogP contribution in [0.25, 0.3) is 5.65 Å². The van der Waals surface area contributed by atoms with E-state index in [9.17, 15) is 9.90 Å². The first kappa shape index (κ1) is 18.7.